The van der Waals surface area contributed by atoms with E-state index in [1.54, 1.807) is 6.07 Å². The normalized spacial score (nSPS) is 25.5. The number of anilines is 2. The summed E-state index contributed by atoms with van der Waals surface area (Å²) in [6, 6.07) is 12.2. The maximum atomic E-state index is 14.4. The lowest BCUT2D eigenvalue weighted by Crippen LogP contribution is -2.43. The fourth-order valence-electron chi connectivity index (χ4n) is 7.06. The van der Waals surface area contributed by atoms with Gasteiger partial charge in [0.1, 0.15) is 24.3 Å². The fourth-order valence-corrected chi connectivity index (χ4v) is 7.06. The Hall–Kier alpha value is -3.17. The highest BCUT2D eigenvalue weighted by molar-refractivity contribution is 5.95. The Balaban J connectivity index is 1.22. The van der Waals surface area contributed by atoms with Crippen LogP contribution < -0.4 is 14.5 Å². The van der Waals surface area contributed by atoms with E-state index in [1.165, 1.54) is 0 Å². The summed E-state index contributed by atoms with van der Waals surface area (Å²) in [6.45, 7) is 6.34. The minimum absolute atomic E-state index is 0.248. The Labute approximate surface area is 228 Å². The predicted octanol–water partition coefficient (Wildman–Crippen LogP) is 4.08. The quantitative estimate of drug-likeness (QED) is 0.526. The number of aromatic hydroxyl groups is 1. The van der Waals surface area contributed by atoms with Crippen LogP contribution in [-0.4, -0.2) is 84.2 Å². The van der Waals surface area contributed by atoms with Gasteiger partial charge in [0.15, 0.2) is 0 Å². The van der Waals surface area contributed by atoms with E-state index in [-0.39, 0.29) is 11.3 Å². The van der Waals surface area contributed by atoms with Gasteiger partial charge in [-0.2, -0.15) is 9.97 Å². The van der Waals surface area contributed by atoms with Gasteiger partial charge in [0, 0.05) is 61.9 Å². The first-order valence-electron chi connectivity index (χ1n) is 14.3. The number of nitrogens with zero attached hydrogens (tertiary/aromatic N) is 5. The second-order valence-electron chi connectivity index (χ2n) is 11.4. The van der Waals surface area contributed by atoms with Gasteiger partial charge < -0.3 is 24.4 Å². The molecule has 8 nitrogen and oxygen atoms in total. The van der Waals surface area contributed by atoms with Crippen LogP contribution in [0, 0.1) is 0 Å². The van der Waals surface area contributed by atoms with Crippen molar-refractivity contribution < 1.29 is 19.0 Å². The molecule has 5 heterocycles. The Morgan fingerprint density at radius 3 is 2.92 bits per heavy atom. The molecule has 4 aliphatic heterocycles. The molecule has 4 aliphatic rings. The third-order valence-electron chi connectivity index (χ3n) is 8.94. The highest BCUT2D eigenvalue weighted by Crippen LogP contribution is 2.41. The van der Waals surface area contributed by atoms with Gasteiger partial charge in [-0.25, -0.2) is 4.39 Å². The predicted molar refractivity (Wildman–Crippen MR) is 149 cm³/mol. The molecule has 0 aliphatic carbocycles. The van der Waals surface area contributed by atoms with Crippen LogP contribution in [0.15, 0.2) is 36.4 Å². The molecule has 206 valence electrons. The lowest BCUT2D eigenvalue weighted by Gasteiger charge is -2.34. The molecule has 1 N–H and O–H groups in total. The van der Waals surface area contributed by atoms with Crippen LogP contribution >= 0.6 is 0 Å². The number of aromatic nitrogens is 2. The maximum Gasteiger partial charge on any atom is 0.318 e. The molecule has 0 saturated carbocycles. The van der Waals surface area contributed by atoms with Crippen LogP contribution in [0.3, 0.4) is 0 Å². The van der Waals surface area contributed by atoms with Crippen LogP contribution in [0.2, 0.25) is 0 Å². The van der Waals surface area contributed by atoms with Crippen molar-refractivity contribution in [2.75, 3.05) is 62.3 Å². The van der Waals surface area contributed by atoms with Crippen LogP contribution in [0.1, 0.15) is 36.9 Å². The van der Waals surface area contributed by atoms with Crippen LogP contribution in [0.25, 0.3) is 10.8 Å². The minimum Gasteiger partial charge on any atom is -0.508 e. The molecule has 0 spiro atoms. The Morgan fingerprint density at radius 1 is 1.05 bits per heavy atom. The van der Waals surface area contributed by atoms with Crippen molar-refractivity contribution >= 4 is 22.3 Å². The highest BCUT2D eigenvalue weighted by atomic mass is 19.1. The van der Waals surface area contributed by atoms with E-state index in [1.807, 2.05) is 24.3 Å². The molecule has 0 unspecified atom stereocenters. The first-order valence-corrected chi connectivity index (χ1v) is 14.3. The minimum atomic E-state index is -0.795. The van der Waals surface area contributed by atoms with E-state index in [9.17, 15) is 9.50 Å². The fraction of sp³-hybridized carbons (Fsp3) is 0.533. The van der Waals surface area contributed by atoms with Crippen molar-refractivity contribution in [3.63, 3.8) is 0 Å². The first-order chi connectivity index (χ1) is 19.1. The zero-order valence-electron chi connectivity index (χ0n) is 22.3. The number of rotatable bonds is 5. The largest absolute Gasteiger partial charge is 0.508 e. The van der Waals surface area contributed by atoms with E-state index in [2.05, 4.69) is 20.8 Å². The summed E-state index contributed by atoms with van der Waals surface area (Å²) in [7, 11) is 0. The second-order valence-corrected chi connectivity index (χ2v) is 11.4. The number of ether oxygens (including phenoxy) is 2. The zero-order valence-corrected chi connectivity index (χ0v) is 22.3. The number of alkyl halides is 1. The molecule has 9 heteroatoms. The van der Waals surface area contributed by atoms with Gasteiger partial charge in [-0.15, -0.1) is 0 Å². The Bertz CT molecular complexity index is 1360. The summed E-state index contributed by atoms with van der Waals surface area (Å²) < 4.78 is 26.4. The van der Waals surface area contributed by atoms with Crippen molar-refractivity contribution in [2.45, 2.75) is 50.4 Å². The van der Waals surface area contributed by atoms with Crippen molar-refractivity contribution in [1.29, 1.82) is 0 Å². The second kappa shape index (κ2) is 10.1. The number of benzene rings is 2. The molecule has 3 fully saturated rings. The lowest BCUT2D eigenvalue weighted by molar-refractivity contribution is 0.107. The summed E-state index contributed by atoms with van der Waals surface area (Å²) in [5.41, 5.74) is 2.87. The summed E-state index contributed by atoms with van der Waals surface area (Å²) in [5.74, 6) is 1.20. The summed E-state index contributed by atoms with van der Waals surface area (Å²) >= 11 is 0. The standard InChI is InChI=1S/C30H36FN5O3/c31-22-17-30(8-3-10-36(30)18-22)20-39-29-32-26-19-35(27-16-23(37)15-21-5-1-2-6-24(21)27)11-7-25(26)28(33-29)34-9-4-13-38-14-12-34/h1-2,5-6,15-16,22,37H,3-4,7-14,17-20H2/t22-,30+/m1/s1. The van der Waals surface area contributed by atoms with Crippen LogP contribution in [0.5, 0.6) is 11.8 Å². The van der Waals surface area contributed by atoms with Crippen molar-refractivity contribution in [1.82, 2.24) is 14.9 Å². The molecule has 1 aromatic heterocycles. The Kier molecular flexibility index (Phi) is 6.43. The zero-order chi connectivity index (χ0) is 26.4. The maximum absolute atomic E-state index is 14.4. The number of halogens is 1. The Morgan fingerprint density at radius 2 is 1.97 bits per heavy atom. The molecule has 0 radical (unpaired) electrons. The third kappa shape index (κ3) is 4.65. The topological polar surface area (TPSA) is 74.2 Å². The van der Waals surface area contributed by atoms with Gasteiger partial charge in [-0.1, -0.05) is 24.3 Å². The molecule has 2 aromatic carbocycles. The van der Waals surface area contributed by atoms with Gasteiger partial charge in [-0.3, -0.25) is 4.90 Å². The summed E-state index contributed by atoms with van der Waals surface area (Å²) in [4.78, 5) is 16.8. The van der Waals surface area contributed by atoms with E-state index in [4.69, 9.17) is 19.4 Å². The highest BCUT2D eigenvalue weighted by Gasteiger charge is 2.49. The van der Waals surface area contributed by atoms with Gasteiger partial charge in [0.2, 0.25) is 0 Å². The molecule has 0 amide bonds. The number of hydrogen-bond acceptors (Lipinski definition) is 8. The lowest BCUT2D eigenvalue weighted by atomic mass is 9.95. The monoisotopic (exact) mass is 533 g/mol. The molecular formula is C30H36FN5O3. The third-order valence-corrected chi connectivity index (χ3v) is 8.94. The molecule has 3 saturated heterocycles. The van der Waals surface area contributed by atoms with Crippen molar-refractivity contribution in [3.05, 3.63) is 47.7 Å². The van der Waals surface area contributed by atoms with Gasteiger partial charge in [0.25, 0.3) is 0 Å². The average molecular weight is 534 g/mol. The van der Waals surface area contributed by atoms with Crippen LogP contribution in [0.4, 0.5) is 15.9 Å². The summed E-state index contributed by atoms with van der Waals surface area (Å²) in [5, 5.41) is 12.6. The van der Waals surface area contributed by atoms with Gasteiger partial charge in [0.05, 0.1) is 24.4 Å². The molecular weight excluding hydrogens is 497 g/mol. The molecule has 7 rings (SSSR count). The SMILES string of the molecule is Oc1cc(N2CCc3c(nc(OC[C@@]45CCCN4C[C@H](F)C5)nc3N3CCCOCC3)C2)c2ccccc2c1. The number of fused-ring (bicyclic) bond motifs is 3. The molecule has 0 bridgehead atoms. The number of phenols is 1. The van der Waals surface area contributed by atoms with Gasteiger partial charge >= 0.3 is 6.01 Å². The van der Waals surface area contributed by atoms with E-state index in [0.717, 1.165) is 92.0 Å². The number of phenolic OH excluding ortho intramolecular Hbond substituents is 1. The molecule has 2 atom stereocenters. The summed E-state index contributed by atoms with van der Waals surface area (Å²) in [6.07, 6.45) is 3.50. The average Bonchev–Trinajstić information content (AvgIpc) is 3.32. The van der Waals surface area contributed by atoms with E-state index >= 15 is 0 Å². The van der Waals surface area contributed by atoms with Crippen molar-refractivity contribution in [3.8, 4) is 11.8 Å². The molecule has 3 aromatic rings. The van der Waals surface area contributed by atoms with Crippen molar-refractivity contribution in [2.24, 2.45) is 0 Å². The van der Waals surface area contributed by atoms with E-state index < -0.39 is 6.17 Å². The van der Waals surface area contributed by atoms with Gasteiger partial charge in [-0.05, 0) is 43.7 Å². The first kappa shape index (κ1) is 24.8. The number of hydrogen-bond donors (Lipinski definition) is 1. The smallest absolute Gasteiger partial charge is 0.318 e. The molecule has 39 heavy (non-hydrogen) atoms. The van der Waals surface area contributed by atoms with Crippen LogP contribution in [-0.2, 0) is 17.7 Å². The van der Waals surface area contributed by atoms with E-state index in [0.29, 0.717) is 38.7 Å².